The third-order valence-electron chi connectivity index (χ3n) is 5.75. The standard InChI is InChI=1S/C25H28N2O6/c1-15(23(28)27-22(24(29)30)16(2)32-3)12-13-26-25(31)33-14-21-19-10-6-4-8-17(19)18-9-5-7-11-20(18)21/h4-12,16,21-22H,13-14H2,1-3H3,(H,26,31)(H,27,28)(H,29,30)/b15-12+. The number of carbonyl (C=O) groups is 3. The van der Waals surface area contributed by atoms with Gasteiger partial charge in [0.25, 0.3) is 0 Å². The molecule has 2 aromatic carbocycles. The Bertz CT molecular complexity index is 1020. The van der Waals surface area contributed by atoms with Crippen LogP contribution in [-0.4, -0.2) is 55.5 Å². The van der Waals surface area contributed by atoms with Crippen LogP contribution in [0.1, 0.15) is 30.9 Å². The molecule has 0 radical (unpaired) electrons. The molecule has 0 spiro atoms. The number of ether oxygens (including phenoxy) is 2. The fourth-order valence-corrected chi connectivity index (χ4v) is 3.80. The van der Waals surface area contributed by atoms with Gasteiger partial charge >= 0.3 is 12.1 Å². The minimum absolute atomic E-state index is 0.0399. The monoisotopic (exact) mass is 452 g/mol. The van der Waals surface area contributed by atoms with Gasteiger partial charge in [0, 0.05) is 25.1 Å². The van der Waals surface area contributed by atoms with E-state index in [2.05, 4.69) is 22.8 Å². The van der Waals surface area contributed by atoms with Gasteiger partial charge in [0.15, 0.2) is 6.04 Å². The number of hydrogen-bond donors (Lipinski definition) is 3. The molecule has 8 heteroatoms. The molecule has 0 heterocycles. The fourth-order valence-electron chi connectivity index (χ4n) is 3.80. The Kier molecular flexibility index (Phi) is 7.84. The third-order valence-corrected chi connectivity index (χ3v) is 5.75. The minimum Gasteiger partial charge on any atom is -0.480 e. The Morgan fingerprint density at radius 1 is 1.06 bits per heavy atom. The molecule has 0 aromatic heterocycles. The van der Waals surface area contributed by atoms with Crippen molar-refractivity contribution in [1.29, 1.82) is 0 Å². The summed E-state index contributed by atoms with van der Waals surface area (Å²) in [6.07, 6.45) is 0.198. The SMILES string of the molecule is COC(C)C(NC(=O)/C(C)=C/CNC(=O)OCC1c2ccccc2-c2ccccc21)C(=O)O. The smallest absolute Gasteiger partial charge is 0.407 e. The van der Waals surface area contributed by atoms with E-state index in [-0.39, 0.29) is 24.6 Å². The van der Waals surface area contributed by atoms with Crippen LogP contribution >= 0.6 is 0 Å². The molecule has 8 nitrogen and oxygen atoms in total. The summed E-state index contributed by atoms with van der Waals surface area (Å²) < 4.78 is 10.4. The Balaban J connectivity index is 1.52. The lowest BCUT2D eigenvalue weighted by Crippen LogP contribution is -2.48. The van der Waals surface area contributed by atoms with Crippen LogP contribution in [0.3, 0.4) is 0 Å². The molecule has 1 aliphatic rings. The summed E-state index contributed by atoms with van der Waals surface area (Å²) >= 11 is 0. The Labute approximate surface area is 192 Å². The van der Waals surface area contributed by atoms with Gasteiger partial charge in [-0.2, -0.15) is 0 Å². The van der Waals surface area contributed by atoms with Crippen molar-refractivity contribution < 1.29 is 29.0 Å². The van der Waals surface area contributed by atoms with Crippen molar-refractivity contribution in [3.05, 3.63) is 71.3 Å². The third kappa shape index (κ3) is 5.59. The predicted molar refractivity (Wildman–Crippen MR) is 123 cm³/mol. The molecule has 0 saturated heterocycles. The van der Waals surface area contributed by atoms with E-state index in [1.807, 2.05) is 36.4 Å². The number of fused-ring (bicyclic) bond motifs is 3. The first-order valence-electron chi connectivity index (χ1n) is 10.7. The van der Waals surface area contributed by atoms with E-state index in [1.54, 1.807) is 6.92 Å². The van der Waals surface area contributed by atoms with Crippen LogP contribution in [0.5, 0.6) is 0 Å². The molecule has 0 saturated carbocycles. The highest BCUT2D eigenvalue weighted by Gasteiger charge is 2.29. The average Bonchev–Trinajstić information content (AvgIpc) is 3.14. The molecule has 3 rings (SSSR count). The molecular formula is C25H28N2O6. The van der Waals surface area contributed by atoms with Gasteiger partial charge in [0.05, 0.1) is 6.10 Å². The van der Waals surface area contributed by atoms with Crippen molar-refractivity contribution in [2.75, 3.05) is 20.3 Å². The molecule has 2 aromatic rings. The van der Waals surface area contributed by atoms with Gasteiger partial charge in [0.2, 0.25) is 5.91 Å². The lowest BCUT2D eigenvalue weighted by atomic mass is 9.98. The van der Waals surface area contributed by atoms with E-state index in [4.69, 9.17) is 9.47 Å². The maximum absolute atomic E-state index is 12.2. The summed E-state index contributed by atoms with van der Waals surface area (Å²) in [5.41, 5.74) is 4.81. The number of alkyl carbamates (subject to hydrolysis) is 1. The summed E-state index contributed by atoms with van der Waals surface area (Å²) in [7, 11) is 1.37. The van der Waals surface area contributed by atoms with Crippen LogP contribution in [0.4, 0.5) is 4.79 Å². The highest BCUT2D eigenvalue weighted by atomic mass is 16.5. The van der Waals surface area contributed by atoms with E-state index in [0.29, 0.717) is 0 Å². The molecule has 2 atom stereocenters. The van der Waals surface area contributed by atoms with Gasteiger partial charge in [-0.1, -0.05) is 54.6 Å². The molecule has 0 aliphatic heterocycles. The summed E-state index contributed by atoms with van der Waals surface area (Å²) in [5, 5.41) is 14.2. The molecule has 0 bridgehead atoms. The number of methoxy groups -OCH3 is 1. The highest BCUT2D eigenvalue weighted by Crippen LogP contribution is 2.44. The lowest BCUT2D eigenvalue weighted by Gasteiger charge is -2.20. The van der Waals surface area contributed by atoms with Crippen LogP contribution in [0.25, 0.3) is 11.1 Å². The Morgan fingerprint density at radius 2 is 1.64 bits per heavy atom. The Hall–Kier alpha value is -3.65. The number of aliphatic carboxylic acids is 1. The molecule has 3 N–H and O–H groups in total. The van der Waals surface area contributed by atoms with Crippen LogP contribution in [-0.2, 0) is 19.1 Å². The number of rotatable bonds is 9. The number of amides is 2. The maximum Gasteiger partial charge on any atom is 0.407 e. The van der Waals surface area contributed by atoms with Crippen LogP contribution < -0.4 is 10.6 Å². The number of hydrogen-bond acceptors (Lipinski definition) is 5. The summed E-state index contributed by atoms with van der Waals surface area (Å²) in [6, 6.07) is 15.0. The largest absolute Gasteiger partial charge is 0.480 e. The quantitative estimate of drug-likeness (QED) is 0.504. The molecule has 1 aliphatic carbocycles. The summed E-state index contributed by atoms with van der Waals surface area (Å²) in [6.45, 7) is 3.34. The number of carboxylic acid groups (broad SMARTS) is 1. The number of nitrogens with one attached hydrogen (secondary N) is 2. The molecule has 2 amide bonds. The summed E-state index contributed by atoms with van der Waals surface area (Å²) in [5.74, 6) is -1.79. The molecular weight excluding hydrogens is 424 g/mol. The second-order valence-electron chi connectivity index (χ2n) is 7.82. The van der Waals surface area contributed by atoms with Crippen LogP contribution in [0.2, 0.25) is 0 Å². The summed E-state index contributed by atoms with van der Waals surface area (Å²) in [4.78, 5) is 35.8. The molecule has 174 valence electrons. The minimum atomic E-state index is -1.19. The van der Waals surface area contributed by atoms with E-state index in [9.17, 15) is 19.5 Å². The van der Waals surface area contributed by atoms with Gasteiger partial charge in [-0.15, -0.1) is 0 Å². The fraction of sp³-hybridized carbons (Fsp3) is 0.320. The van der Waals surface area contributed by atoms with Gasteiger partial charge < -0.3 is 25.2 Å². The van der Waals surface area contributed by atoms with E-state index >= 15 is 0 Å². The first-order chi connectivity index (χ1) is 15.8. The topological polar surface area (TPSA) is 114 Å². The zero-order chi connectivity index (χ0) is 24.0. The van der Waals surface area contributed by atoms with Crippen molar-refractivity contribution in [3.8, 4) is 11.1 Å². The normalized spacial score (nSPS) is 14.6. The van der Waals surface area contributed by atoms with E-state index in [1.165, 1.54) is 20.1 Å². The predicted octanol–water partition coefficient (Wildman–Crippen LogP) is 3.08. The van der Waals surface area contributed by atoms with Gasteiger partial charge in [-0.3, -0.25) is 4.79 Å². The first-order valence-corrected chi connectivity index (χ1v) is 10.7. The molecule has 33 heavy (non-hydrogen) atoms. The Morgan fingerprint density at radius 3 is 2.18 bits per heavy atom. The maximum atomic E-state index is 12.2. The zero-order valence-electron chi connectivity index (χ0n) is 18.8. The number of carboxylic acids is 1. The van der Waals surface area contributed by atoms with Gasteiger partial charge in [-0.05, 0) is 36.1 Å². The first kappa shape index (κ1) is 24.0. The van der Waals surface area contributed by atoms with E-state index in [0.717, 1.165) is 22.3 Å². The number of benzene rings is 2. The van der Waals surface area contributed by atoms with Gasteiger partial charge in [-0.25, -0.2) is 9.59 Å². The number of carbonyl (C=O) groups excluding carboxylic acids is 2. The molecule has 2 unspecified atom stereocenters. The molecule has 0 fully saturated rings. The van der Waals surface area contributed by atoms with Crippen molar-refractivity contribution in [3.63, 3.8) is 0 Å². The lowest BCUT2D eigenvalue weighted by molar-refractivity contribution is -0.144. The average molecular weight is 453 g/mol. The highest BCUT2D eigenvalue weighted by molar-refractivity contribution is 5.95. The van der Waals surface area contributed by atoms with Crippen molar-refractivity contribution in [2.24, 2.45) is 0 Å². The second-order valence-corrected chi connectivity index (χ2v) is 7.82. The van der Waals surface area contributed by atoms with Crippen LogP contribution in [0.15, 0.2) is 60.2 Å². The van der Waals surface area contributed by atoms with Crippen molar-refractivity contribution in [2.45, 2.75) is 31.9 Å². The van der Waals surface area contributed by atoms with Crippen molar-refractivity contribution >= 4 is 18.0 Å². The van der Waals surface area contributed by atoms with Crippen molar-refractivity contribution in [1.82, 2.24) is 10.6 Å². The second kappa shape index (κ2) is 10.8. The zero-order valence-corrected chi connectivity index (χ0v) is 18.8. The van der Waals surface area contributed by atoms with E-state index < -0.39 is 30.1 Å². The van der Waals surface area contributed by atoms with Gasteiger partial charge in [0.1, 0.15) is 6.61 Å². The van der Waals surface area contributed by atoms with Crippen LogP contribution in [0, 0.1) is 0 Å².